The molecular weight excluding hydrogens is 330 g/mol. The molecule has 6 nitrogen and oxygen atoms in total. The van der Waals surface area contributed by atoms with Crippen molar-refractivity contribution in [3.05, 3.63) is 86.8 Å². The summed E-state index contributed by atoms with van der Waals surface area (Å²) in [5, 5.41) is 13.9. The molecule has 0 saturated heterocycles. The molecule has 2 heterocycles. The SMILES string of the molecule is C=c1[nH]n(-c2ccc(C(=O)O)cc2)c(=O)c1=Cc1c[nH]c2ccccc12. The maximum Gasteiger partial charge on any atom is 0.335 e. The van der Waals surface area contributed by atoms with E-state index in [1.807, 2.05) is 30.5 Å². The second-order valence-corrected chi connectivity index (χ2v) is 5.93. The highest BCUT2D eigenvalue weighted by atomic mass is 16.4. The van der Waals surface area contributed by atoms with Gasteiger partial charge < -0.3 is 10.1 Å². The number of aromatic nitrogens is 3. The number of fused-ring (bicyclic) bond motifs is 1. The fourth-order valence-electron chi connectivity index (χ4n) is 2.95. The lowest BCUT2D eigenvalue weighted by molar-refractivity contribution is 0.0697. The van der Waals surface area contributed by atoms with E-state index >= 15 is 0 Å². The quantitative estimate of drug-likeness (QED) is 0.526. The molecule has 0 radical (unpaired) electrons. The Hall–Kier alpha value is -3.80. The van der Waals surface area contributed by atoms with E-state index in [2.05, 4.69) is 16.7 Å². The average Bonchev–Trinajstić information content (AvgIpc) is 3.18. The van der Waals surface area contributed by atoms with Crippen LogP contribution in [0.2, 0.25) is 0 Å². The molecule has 0 aliphatic heterocycles. The largest absolute Gasteiger partial charge is 0.478 e. The molecule has 0 atom stereocenters. The number of H-pyrrole nitrogens is 2. The van der Waals surface area contributed by atoms with Crippen molar-refractivity contribution >= 4 is 29.5 Å². The zero-order valence-corrected chi connectivity index (χ0v) is 13.7. The van der Waals surface area contributed by atoms with Crippen molar-refractivity contribution in [1.82, 2.24) is 14.8 Å². The minimum absolute atomic E-state index is 0.161. The second-order valence-electron chi connectivity index (χ2n) is 5.93. The van der Waals surface area contributed by atoms with E-state index in [1.165, 1.54) is 16.8 Å². The van der Waals surface area contributed by atoms with Gasteiger partial charge in [-0.15, -0.1) is 0 Å². The van der Waals surface area contributed by atoms with Gasteiger partial charge in [0.05, 0.1) is 21.8 Å². The van der Waals surface area contributed by atoms with Crippen molar-refractivity contribution in [1.29, 1.82) is 0 Å². The molecule has 0 spiro atoms. The molecular formula is C20H15N3O3. The van der Waals surface area contributed by atoms with Gasteiger partial charge in [-0.3, -0.25) is 9.89 Å². The Labute approximate surface area is 147 Å². The Morgan fingerprint density at radius 1 is 1.12 bits per heavy atom. The zero-order valence-electron chi connectivity index (χ0n) is 13.7. The fourth-order valence-corrected chi connectivity index (χ4v) is 2.95. The number of aromatic carboxylic acids is 1. The number of aromatic amines is 2. The number of nitrogens with zero attached hydrogens (tertiary/aromatic N) is 1. The topological polar surface area (TPSA) is 90.9 Å². The van der Waals surface area contributed by atoms with Gasteiger partial charge in [0, 0.05) is 22.7 Å². The number of hydrogen-bond acceptors (Lipinski definition) is 2. The van der Waals surface area contributed by atoms with Crippen LogP contribution in [0.15, 0.2) is 59.5 Å². The minimum atomic E-state index is -1.01. The van der Waals surface area contributed by atoms with Crippen LogP contribution in [-0.4, -0.2) is 25.8 Å². The first-order chi connectivity index (χ1) is 12.5. The Balaban J connectivity index is 1.86. The molecule has 0 fully saturated rings. The summed E-state index contributed by atoms with van der Waals surface area (Å²) in [5.41, 5.74) is 2.35. The van der Waals surface area contributed by atoms with E-state index in [9.17, 15) is 9.59 Å². The Morgan fingerprint density at radius 2 is 1.85 bits per heavy atom. The molecule has 4 aromatic rings. The highest BCUT2D eigenvalue weighted by Crippen LogP contribution is 2.17. The first-order valence-electron chi connectivity index (χ1n) is 7.96. The van der Waals surface area contributed by atoms with Gasteiger partial charge >= 0.3 is 5.97 Å². The first kappa shape index (κ1) is 15.7. The van der Waals surface area contributed by atoms with E-state index in [0.29, 0.717) is 16.3 Å². The van der Waals surface area contributed by atoms with Crippen LogP contribution in [0.25, 0.3) is 29.2 Å². The number of carbonyl (C=O) groups is 1. The predicted molar refractivity (Wildman–Crippen MR) is 100.0 cm³/mol. The summed E-state index contributed by atoms with van der Waals surface area (Å²) in [6.45, 7) is 3.92. The molecule has 2 aromatic carbocycles. The third-order valence-electron chi connectivity index (χ3n) is 4.30. The number of carboxylic acid groups (broad SMARTS) is 1. The molecule has 6 heteroatoms. The van der Waals surface area contributed by atoms with E-state index in [-0.39, 0.29) is 11.1 Å². The van der Waals surface area contributed by atoms with Crippen molar-refractivity contribution in [2.24, 2.45) is 0 Å². The summed E-state index contributed by atoms with van der Waals surface area (Å²) in [5.74, 6) is -1.01. The van der Waals surface area contributed by atoms with Crippen molar-refractivity contribution in [2.45, 2.75) is 0 Å². The normalized spacial score (nSPS) is 11.9. The molecule has 128 valence electrons. The number of hydrogen-bond donors (Lipinski definition) is 3. The molecule has 3 N–H and O–H groups in total. The van der Waals surface area contributed by atoms with Gasteiger partial charge in [0.1, 0.15) is 0 Å². The van der Waals surface area contributed by atoms with Gasteiger partial charge in [-0.2, -0.15) is 0 Å². The van der Waals surface area contributed by atoms with Crippen molar-refractivity contribution in [3.8, 4) is 5.69 Å². The molecule has 0 aliphatic carbocycles. The standard InChI is InChI=1S/C20H15N3O3/c1-12-17(10-14-11-21-18-5-3-2-4-16(14)18)19(24)23(22-12)15-8-6-13(7-9-15)20(25)26/h2-11,21-22H,1H2,(H,25,26). The van der Waals surface area contributed by atoms with Gasteiger partial charge in [-0.1, -0.05) is 24.8 Å². The Bertz CT molecular complexity index is 1290. The summed E-state index contributed by atoms with van der Waals surface area (Å²) in [6, 6.07) is 13.9. The lowest BCUT2D eigenvalue weighted by atomic mass is 10.1. The molecule has 26 heavy (non-hydrogen) atoms. The van der Waals surface area contributed by atoms with Gasteiger partial charge in [0.2, 0.25) is 0 Å². The van der Waals surface area contributed by atoms with E-state index in [0.717, 1.165) is 16.5 Å². The van der Waals surface area contributed by atoms with Crippen LogP contribution in [0, 0.1) is 0 Å². The Morgan fingerprint density at radius 3 is 2.58 bits per heavy atom. The third-order valence-corrected chi connectivity index (χ3v) is 4.30. The van der Waals surface area contributed by atoms with Gasteiger partial charge in [-0.25, -0.2) is 9.48 Å². The third kappa shape index (κ3) is 2.53. The summed E-state index contributed by atoms with van der Waals surface area (Å²) < 4.78 is 1.36. The average molecular weight is 345 g/mol. The molecule has 2 aromatic heterocycles. The number of rotatable bonds is 3. The molecule has 0 bridgehead atoms. The summed E-state index contributed by atoms with van der Waals surface area (Å²) in [6.07, 6.45) is 3.64. The van der Waals surface area contributed by atoms with Crippen LogP contribution in [0.5, 0.6) is 0 Å². The maximum absolute atomic E-state index is 12.8. The highest BCUT2D eigenvalue weighted by molar-refractivity contribution is 5.89. The van der Waals surface area contributed by atoms with Crippen molar-refractivity contribution in [3.63, 3.8) is 0 Å². The Kier molecular flexibility index (Phi) is 3.58. The zero-order chi connectivity index (χ0) is 18.3. The first-order valence-corrected chi connectivity index (χ1v) is 7.96. The summed E-state index contributed by atoms with van der Waals surface area (Å²) in [7, 11) is 0. The van der Waals surface area contributed by atoms with Crippen molar-refractivity contribution < 1.29 is 9.90 Å². The van der Waals surface area contributed by atoms with Crippen LogP contribution in [-0.2, 0) is 0 Å². The number of para-hydroxylation sites is 1. The molecule has 0 unspecified atom stereocenters. The van der Waals surface area contributed by atoms with Crippen LogP contribution >= 0.6 is 0 Å². The molecule has 4 rings (SSSR count). The van der Waals surface area contributed by atoms with E-state index < -0.39 is 5.97 Å². The summed E-state index contributed by atoms with van der Waals surface area (Å²) >= 11 is 0. The smallest absolute Gasteiger partial charge is 0.335 e. The minimum Gasteiger partial charge on any atom is -0.478 e. The van der Waals surface area contributed by atoms with E-state index in [4.69, 9.17) is 5.11 Å². The van der Waals surface area contributed by atoms with Gasteiger partial charge in [-0.05, 0) is 36.4 Å². The number of carboxylic acids is 1. The second kappa shape index (κ2) is 5.93. The highest BCUT2D eigenvalue weighted by Gasteiger charge is 2.08. The lowest BCUT2D eigenvalue weighted by Crippen LogP contribution is -2.33. The number of nitrogens with one attached hydrogen (secondary N) is 2. The molecule has 0 aliphatic rings. The van der Waals surface area contributed by atoms with Crippen LogP contribution in [0.4, 0.5) is 0 Å². The lowest BCUT2D eigenvalue weighted by Gasteiger charge is -2.01. The fraction of sp³-hybridized carbons (Fsp3) is 0. The van der Waals surface area contributed by atoms with Gasteiger partial charge in [0.25, 0.3) is 5.56 Å². The van der Waals surface area contributed by atoms with E-state index in [1.54, 1.807) is 18.2 Å². The van der Waals surface area contributed by atoms with Gasteiger partial charge in [0.15, 0.2) is 0 Å². The summed E-state index contributed by atoms with van der Waals surface area (Å²) in [4.78, 5) is 26.9. The maximum atomic E-state index is 12.8. The van der Waals surface area contributed by atoms with Crippen LogP contribution < -0.4 is 16.1 Å². The predicted octanol–water partition coefficient (Wildman–Crippen LogP) is 1.58. The number of benzene rings is 2. The molecule has 0 amide bonds. The molecule has 0 saturated carbocycles. The van der Waals surface area contributed by atoms with Crippen molar-refractivity contribution in [2.75, 3.05) is 0 Å². The monoisotopic (exact) mass is 345 g/mol. The van der Waals surface area contributed by atoms with Crippen LogP contribution in [0.1, 0.15) is 15.9 Å². The van der Waals surface area contributed by atoms with Crippen LogP contribution in [0.3, 0.4) is 0 Å².